The van der Waals surface area contributed by atoms with Crippen molar-refractivity contribution in [3.63, 3.8) is 0 Å². The SMILES string of the molecule is CCc1nnc(-n2ccc(C3CC3)n2)c(CN)c1CC. The van der Waals surface area contributed by atoms with E-state index in [4.69, 9.17) is 5.73 Å². The van der Waals surface area contributed by atoms with Crippen LogP contribution in [0.4, 0.5) is 0 Å². The summed E-state index contributed by atoms with van der Waals surface area (Å²) in [7, 11) is 0. The molecule has 0 atom stereocenters. The zero-order valence-corrected chi connectivity index (χ0v) is 12.1. The Bertz CT molecular complexity index is 613. The van der Waals surface area contributed by atoms with Gasteiger partial charge in [-0.05, 0) is 37.3 Å². The molecule has 1 aliphatic carbocycles. The largest absolute Gasteiger partial charge is 0.326 e. The van der Waals surface area contributed by atoms with E-state index in [9.17, 15) is 0 Å². The van der Waals surface area contributed by atoms with Crippen molar-refractivity contribution in [3.8, 4) is 5.82 Å². The van der Waals surface area contributed by atoms with Gasteiger partial charge in [-0.15, -0.1) is 5.10 Å². The molecule has 106 valence electrons. The maximum Gasteiger partial charge on any atom is 0.180 e. The maximum atomic E-state index is 5.96. The molecule has 0 bridgehead atoms. The lowest BCUT2D eigenvalue weighted by atomic mass is 10.0. The van der Waals surface area contributed by atoms with E-state index in [1.165, 1.54) is 18.4 Å². The first-order valence-corrected chi connectivity index (χ1v) is 7.41. The Morgan fingerprint density at radius 1 is 1.20 bits per heavy atom. The van der Waals surface area contributed by atoms with E-state index in [0.717, 1.165) is 35.6 Å². The average molecular weight is 271 g/mol. The fourth-order valence-corrected chi connectivity index (χ4v) is 2.69. The molecule has 0 unspecified atom stereocenters. The zero-order chi connectivity index (χ0) is 14.1. The van der Waals surface area contributed by atoms with Gasteiger partial charge in [0.2, 0.25) is 0 Å². The highest BCUT2D eigenvalue weighted by Gasteiger charge is 2.26. The minimum absolute atomic E-state index is 0.472. The van der Waals surface area contributed by atoms with Gasteiger partial charge in [-0.3, -0.25) is 0 Å². The first-order chi connectivity index (χ1) is 9.78. The molecule has 0 amide bonds. The molecule has 1 saturated carbocycles. The second-order valence-electron chi connectivity index (χ2n) is 5.30. The van der Waals surface area contributed by atoms with Crippen LogP contribution in [0, 0.1) is 0 Å². The van der Waals surface area contributed by atoms with Gasteiger partial charge in [-0.2, -0.15) is 10.2 Å². The van der Waals surface area contributed by atoms with Gasteiger partial charge in [0.15, 0.2) is 5.82 Å². The van der Waals surface area contributed by atoms with Gasteiger partial charge in [-0.1, -0.05) is 13.8 Å². The van der Waals surface area contributed by atoms with E-state index in [0.29, 0.717) is 12.5 Å². The third-order valence-electron chi connectivity index (χ3n) is 3.96. The molecule has 0 aromatic carbocycles. The van der Waals surface area contributed by atoms with Crippen molar-refractivity contribution in [2.45, 2.75) is 52.0 Å². The Morgan fingerprint density at radius 2 is 2.00 bits per heavy atom. The van der Waals surface area contributed by atoms with Gasteiger partial charge in [-0.25, -0.2) is 4.68 Å². The highest BCUT2D eigenvalue weighted by atomic mass is 15.3. The third-order valence-corrected chi connectivity index (χ3v) is 3.96. The van der Waals surface area contributed by atoms with Crippen molar-refractivity contribution < 1.29 is 0 Å². The van der Waals surface area contributed by atoms with Crippen molar-refractivity contribution in [1.82, 2.24) is 20.0 Å². The molecule has 0 saturated heterocycles. The normalized spacial score (nSPS) is 14.8. The summed E-state index contributed by atoms with van der Waals surface area (Å²) in [5, 5.41) is 13.4. The van der Waals surface area contributed by atoms with Gasteiger partial charge in [0, 0.05) is 24.2 Å². The summed E-state index contributed by atoms with van der Waals surface area (Å²) in [4.78, 5) is 0. The van der Waals surface area contributed by atoms with Crippen LogP contribution in [0.2, 0.25) is 0 Å². The minimum atomic E-state index is 0.472. The Kier molecular flexibility index (Phi) is 3.53. The molecule has 2 aromatic rings. The van der Waals surface area contributed by atoms with E-state index in [-0.39, 0.29) is 0 Å². The highest BCUT2D eigenvalue weighted by molar-refractivity contribution is 5.41. The van der Waals surface area contributed by atoms with Crippen LogP contribution in [-0.4, -0.2) is 20.0 Å². The summed E-state index contributed by atoms with van der Waals surface area (Å²) in [5.74, 6) is 1.43. The lowest BCUT2D eigenvalue weighted by Gasteiger charge is -2.13. The predicted molar refractivity (Wildman–Crippen MR) is 77.8 cm³/mol. The second kappa shape index (κ2) is 5.32. The van der Waals surface area contributed by atoms with E-state index >= 15 is 0 Å². The number of aromatic nitrogens is 4. The van der Waals surface area contributed by atoms with Crippen molar-refractivity contribution in [2.24, 2.45) is 5.73 Å². The molecule has 1 aliphatic rings. The summed E-state index contributed by atoms with van der Waals surface area (Å²) >= 11 is 0. The molecule has 0 radical (unpaired) electrons. The average Bonchev–Trinajstić information content (AvgIpc) is 3.23. The van der Waals surface area contributed by atoms with Crippen LogP contribution < -0.4 is 5.73 Å². The first kappa shape index (κ1) is 13.2. The van der Waals surface area contributed by atoms with Crippen LogP contribution in [-0.2, 0) is 19.4 Å². The Hall–Kier alpha value is -1.75. The summed E-state index contributed by atoms with van der Waals surface area (Å²) in [6, 6.07) is 2.08. The van der Waals surface area contributed by atoms with Gasteiger partial charge in [0.05, 0.1) is 11.4 Å². The van der Waals surface area contributed by atoms with Crippen LogP contribution in [0.3, 0.4) is 0 Å². The Morgan fingerprint density at radius 3 is 2.60 bits per heavy atom. The molecule has 0 aliphatic heterocycles. The molecule has 2 aromatic heterocycles. The van der Waals surface area contributed by atoms with E-state index < -0.39 is 0 Å². The molecule has 20 heavy (non-hydrogen) atoms. The summed E-state index contributed by atoms with van der Waals surface area (Å²) in [6.45, 7) is 4.71. The molecular weight excluding hydrogens is 250 g/mol. The topological polar surface area (TPSA) is 69.6 Å². The van der Waals surface area contributed by atoms with Crippen LogP contribution in [0.15, 0.2) is 12.3 Å². The number of hydrogen-bond acceptors (Lipinski definition) is 4. The molecular formula is C15H21N5. The number of nitrogens with zero attached hydrogens (tertiary/aromatic N) is 4. The van der Waals surface area contributed by atoms with Crippen molar-refractivity contribution in [1.29, 1.82) is 0 Å². The van der Waals surface area contributed by atoms with Gasteiger partial charge >= 0.3 is 0 Å². The fourth-order valence-electron chi connectivity index (χ4n) is 2.69. The lowest BCUT2D eigenvalue weighted by Crippen LogP contribution is -2.14. The van der Waals surface area contributed by atoms with Crippen LogP contribution in [0.5, 0.6) is 0 Å². The summed E-state index contributed by atoms with van der Waals surface area (Å²) in [5.41, 5.74) is 10.5. The van der Waals surface area contributed by atoms with E-state index in [2.05, 4.69) is 35.2 Å². The molecule has 3 rings (SSSR count). The standard InChI is InChI=1S/C15H21N5/c1-3-11-12(9-16)15(18-17-13(11)4-2)20-8-7-14(19-20)10-5-6-10/h7-8,10H,3-6,9,16H2,1-2H3. The van der Waals surface area contributed by atoms with Crippen molar-refractivity contribution in [2.75, 3.05) is 0 Å². The maximum absolute atomic E-state index is 5.96. The predicted octanol–water partition coefficient (Wildman–Crippen LogP) is 2.12. The monoisotopic (exact) mass is 271 g/mol. The van der Waals surface area contributed by atoms with E-state index in [1.54, 1.807) is 0 Å². The molecule has 0 spiro atoms. The number of rotatable bonds is 5. The number of hydrogen-bond donors (Lipinski definition) is 1. The van der Waals surface area contributed by atoms with Gasteiger partial charge < -0.3 is 5.73 Å². The zero-order valence-electron chi connectivity index (χ0n) is 12.1. The smallest absolute Gasteiger partial charge is 0.180 e. The quantitative estimate of drug-likeness (QED) is 0.904. The number of nitrogens with two attached hydrogens (primary N) is 1. The number of aryl methyl sites for hydroxylation is 1. The minimum Gasteiger partial charge on any atom is -0.326 e. The third kappa shape index (κ3) is 2.22. The Balaban J connectivity index is 2.06. The molecule has 1 fully saturated rings. The molecule has 2 heterocycles. The summed E-state index contributed by atoms with van der Waals surface area (Å²) in [6.07, 6.45) is 6.29. The second-order valence-corrected chi connectivity index (χ2v) is 5.30. The van der Waals surface area contributed by atoms with Crippen molar-refractivity contribution >= 4 is 0 Å². The van der Waals surface area contributed by atoms with Crippen LogP contribution >= 0.6 is 0 Å². The molecule has 5 nitrogen and oxygen atoms in total. The van der Waals surface area contributed by atoms with E-state index in [1.807, 2.05) is 10.9 Å². The molecule has 5 heteroatoms. The lowest BCUT2D eigenvalue weighted by molar-refractivity contribution is 0.744. The summed E-state index contributed by atoms with van der Waals surface area (Å²) < 4.78 is 1.83. The van der Waals surface area contributed by atoms with Crippen LogP contribution in [0.1, 0.15) is 55.1 Å². The van der Waals surface area contributed by atoms with Crippen molar-refractivity contribution in [3.05, 3.63) is 34.8 Å². The highest BCUT2D eigenvalue weighted by Crippen LogP contribution is 2.39. The van der Waals surface area contributed by atoms with Crippen LogP contribution in [0.25, 0.3) is 5.82 Å². The first-order valence-electron chi connectivity index (χ1n) is 7.41. The fraction of sp³-hybridized carbons (Fsp3) is 0.533. The molecule has 2 N–H and O–H groups in total. The van der Waals surface area contributed by atoms with Gasteiger partial charge in [0.25, 0.3) is 0 Å². The van der Waals surface area contributed by atoms with Gasteiger partial charge in [0.1, 0.15) is 0 Å². The Labute approximate surface area is 119 Å².